The van der Waals surface area contributed by atoms with Gasteiger partial charge in [0.2, 0.25) is 5.91 Å². The van der Waals surface area contributed by atoms with Crippen LogP contribution in [0.5, 0.6) is 0 Å². The molecule has 0 aliphatic heterocycles. The van der Waals surface area contributed by atoms with Crippen LogP contribution in [-0.4, -0.2) is 31.3 Å². The zero-order valence-electron chi connectivity index (χ0n) is 14.4. The maximum absolute atomic E-state index is 12.2. The predicted octanol–water partition coefficient (Wildman–Crippen LogP) is 4.43. The van der Waals surface area contributed by atoms with E-state index in [2.05, 4.69) is 15.5 Å². The van der Waals surface area contributed by atoms with Gasteiger partial charge in [-0.2, -0.15) is 0 Å². The maximum atomic E-state index is 12.2. The second-order valence-electron chi connectivity index (χ2n) is 5.63. The van der Waals surface area contributed by atoms with Crippen molar-refractivity contribution in [3.63, 3.8) is 0 Å². The van der Waals surface area contributed by atoms with Gasteiger partial charge in [-0.25, -0.2) is 0 Å². The number of carbonyl (C=O) groups excluding carboxylic acids is 1. The van der Waals surface area contributed by atoms with Crippen LogP contribution in [0.4, 0.5) is 11.4 Å². The summed E-state index contributed by atoms with van der Waals surface area (Å²) in [5.41, 5.74) is 0.953. The average molecular weight is 438 g/mol. The maximum Gasteiger partial charge on any atom is 0.270 e. The molecule has 0 radical (unpaired) electrons. The van der Waals surface area contributed by atoms with Gasteiger partial charge in [-0.1, -0.05) is 47.1 Å². The lowest BCUT2D eigenvalue weighted by Crippen LogP contribution is -2.14. The Hall–Kier alpha value is -2.62. The number of nitro benzene ring substituents is 1. The third kappa shape index (κ3) is 4.61. The lowest BCUT2D eigenvalue weighted by molar-refractivity contribution is -0.384. The average Bonchev–Trinajstić information content (AvgIpc) is 3.03. The van der Waals surface area contributed by atoms with Gasteiger partial charge in [-0.05, 0) is 18.2 Å². The Kier molecular flexibility index (Phi) is 6.18. The van der Waals surface area contributed by atoms with E-state index < -0.39 is 4.92 Å². The molecule has 0 aliphatic rings. The van der Waals surface area contributed by atoms with Gasteiger partial charge < -0.3 is 9.88 Å². The molecule has 11 heteroatoms. The first kappa shape index (κ1) is 20.1. The van der Waals surface area contributed by atoms with Crippen LogP contribution < -0.4 is 5.32 Å². The number of amides is 1. The Bertz CT molecular complexity index is 1060. The van der Waals surface area contributed by atoms with Gasteiger partial charge in [0.1, 0.15) is 0 Å². The zero-order chi connectivity index (χ0) is 20.3. The summed E-state index contributed by atoms with van der Waals surface area (Å²) in [4.78, 5) is 22.7. The van der Waals surface area contributed by atoms with Crippen molar-refractivity contribution in [3.05, 3.63) is 62.6 Å². The van der Waals surface area contributed by atoms with Crippen molar-refractivity contribution in [1.82, 2.24) is 14.8 Å². The van der Waals surface area contributed by atoms with Crippen molar-refractivity contribution in [2.24, 2.45) is 7.05 Å². The molecule has 0 bridgehead atoms. The van der Waals surface area contributed by atoms with E-state index >= 15 is 0 Å². The number of aromatic nitrogens is 3. The van der Waals surface area contributed by atoms with E-state index in [-0.39, 0.29) is 17.3 Å². The van der Waals surface area contributed by atoms with Crippen LogP contribution >= 0.6 is 35.0 Å². The van der Waals surface area contributed by atoms with Gasteiger partial charge in [0.25, 0.3) is 5.69 Å². The molecule has 2 aromatic carbocycles. The summed E-state index contributed by atoms with van der Waals surface area (Å²) in [6, 6.07) is 10.9. The molecule has 1 N–H and O–H groups in total. The Morgan fingerprint density at radius 2 is 2.04 bits per heavy atom. The van der Waals surface area contributed by atoms with E-state index in [0.717, 1.165) is 0 Å². The molecular formula is C17H13Cl2N5O3S. The summed E-state index contributed by atoms with van der Waals surface area (Å²) in [6.45, 7) is 0. The van der Waals surface area contributed by atoms with Crippen LogP contribution in [0.3, 0.4) is 0 Å². The van der Waals surface area contributed by atoms with E-state index in [1.54, 1.807) is 41.9 Å². The molecule has 3 aromatic rings. The molecule has 0 fully saturated rings. The highest BCUT2D eigenvalue weighted by Gasteiger charge is 2.16. The quantitative estimate of drug-likeness (QED) is 0.347. The number of nitro groups is 1. The van der Waals surface area contributed by atoms with Crippen LogP contribution in [0.2, 0.25) is 10.0 Å². The summed E-state index contributed by atoms with van der Waals surface area (Å²) < 4.78 is 1.67. The minimum absolute atomic E-state index is 0.0347. The van der Waals surface area contributed by atoms with Crippen LogP contribution in [0.25, 0.3) is 11.4 Å². The molecule has 1 amide bonds. The summed E-state index contributed by atoms with van der Waals surface area (Å²) in [6.07, 6.45) is 0. The van der Waals surface area contributed by atoms with Gasteiger partial charge in [-0.3, -0.25) is 14.9 Å². The predicted molar refractivity (Wildman–Crippen MR) is 109 cm³/mol. The molecular weight excluding hydrogens is 425 g/mol. The highest BCUT2D eigenvalue weighted by atomic mass is 35.5. The van der Waals surface area contributed by atoms with Gasteiger partial charge in [0.15, 0.2) is 11.0 Å². The molecule has 1 aromatic heterocycles. The lowest BCUT2D eigenvalue weighted by Gasteiger charge is -2.07. The number of benzene rings is 2. The summed E-state index contributed by atoms with van der Waals surface area (Å²) in [7, 11) is 1.72. The fourth-order valence-electron chi connectivity index (χ4n) is 2.36. The Balaban J connectivity index is 1.69. The number of rotatable bonds is 6. The standard InChI is InChI=1S/C17H13Cl2N5O3S/c1-23-16(10-3-2-4-12(7-10)24(26)27)21-22-17(23)28-9-15(25)20-14-8-11(18)5-6-13(14)19/h2-8H,9H2,1H3,(H,20,25). The molecule has 0 aliphatic carbocycles. The van der Waals surface area contributed by atoms with Crippen LogP contribution in [0.15, 0.2) is 47.6 Å². The SMILES string of the molecule is Cn1c(SCC(=O)Nc2cc(Cl)ccc2Cl)nnc1-c1cccc([N+](=O)[O-])c1. The van der Waals surface area contributed by atoms with Gasteiger partial charge in [-0.15, -0.1) is 10.2 Å². The normalized spacial score (nSPS) is 10.7. The van der Waals surface area contributed by atoms with Gasteiger partial charge in [0.05, 0.1) is 21.4 Å². The Labute approximate surface area is 174 Å². The number of thioether (sulfide) groups is 1. The number of halogens is 2. The number of anilines is 1. The third-order valence-electron chi connectivity index (χ3n) is 3.68. The molecule has 0 saturated heterocycles. The lowest BCUT2D eigenvalue weighted by atomic mass is 10.2. The first-order chi connectivity index (χ1) is 13.3. The van der Waals surface area contributed by atoms with Crippen LogP contribution in [-0.2, 0) is 11.8 Å². The summed E-state index contributed by atoms with van der Waals surface area (Å²) >= 11 is 13.1. The number of nitrogens with one attached hydrogen (secondary N) is 1. The van der Waals surface area contributed by atoms with Crippen molar-refractivity contribution in [2.45, 2.75) is 5.16 Å². The van der Waals surface area contributed by atoms with E-state index in [1.807, 2.05) is 0 Å². The van der Waals surface area contributed by atoms with Crippen molar-refractivity contribution >= 4 is 52.2 Å². The first-order valence-corrected chi connectivity index (χ1v) is 9.61. The fourth-order valence-corrected chi connectivity index (χ4v) is 3.41. The monoisotopic (exact) mass is 437 g/mol. The molecule has 0 atom stereocenters. The number of hydrogen-bond acceptors (Lipinski definition) is 6. The van der Waals surface area contributed by atoms with Crippen molar-refractivity contribution in [3.8, 4) is 11.4 Å². The molecule has 0 saturated carbocycles. The smallest absolute Gasteiger partial charge is 0.270 e. The molecule has 0 unspecified atom stereocenters. The second kappa shape index (κ2) is 8.59. The summed E-state index contributed by atoms with van der Waals surface area (Å²) in [5, 5.41) is 23.1. The van der Waals surface area contributed by atoms with Crippen LogP contribution in [0.1, 0.15) is 0 Å². The largest absolute Gasteiger partial charge is 0.324 e. The highest BCUT2D eigenvalue weighted by Crippen LogP contribution is 2.27. The van der Waals surface area contributed by atoms with Crippen LogP contribution in [0, 0.1) is 10.1 Å². The molecule has 1 heterocycles. The minimum atomic E-state index is -0.471. The topological polar surface area (TPSA) is 103 Å². The Morgan fingerprint density at radius 1 is 1.25 bits per heavy atom. The molecule has 8 nitrogen and oxygen atoms in total. The number of hydrogen-bond donors (Lipinski definition) is 1. The van der Waals surface area contributed by atoms with Gasteiger partial charge >= 0.3 is 0 Å². The molecule has 3 rings (SSSR count). The Morgan fingerprint density at radius 3 is 2.79 bits per heavy atom. The van der Waals surface area contributed by atoms with Crippen molar-refractivity contribution < 1.29 is 9.72 Å². The molecule has 0 spiro atoms. The third-order valence-corrected chi connectivity index (χ3v) is 5.27. The van der Waals surface area contributed by atoms with Crippen molar-refractivity contribution in [2.75, 3.05) is 11.1 Å². The fraction of sp³-hybridized carbons (Fsp3) is 0.118. The van der Waals surface area contributed by atoms with E-state index in [4.69, 9.17) is 23.2 Å². The zero-order valence-corrected chi connectivity index (χ0v) is 16.8. The van der Waals surface area contributed by atoms with E-state index in [0.29, 0.717) is 32.3 Å². The summed E-state index contributed by atoms with van der Waals surface area (Å²) in [5.74, 6) is 0.252. The first-order valence-electron chi connectivity index (χ1n) is 7.87. The minimum Gasteiger partial charge on any atom is -0.324 e. The van der Waals surface area contributed by atoms with E-state index in [9.17, 15) is 14.9 Å². The number of carbonyl (C=O) groups is 1. The van der Waals surface area contributed by atoms with E-state index in [1.165, 1.54) is 23.9 Å². The highest BCUT2D eigenvalue weighted by molar-refractivity contribution is 7.99. The van der Waals surface area contributed by atoms with Gasteiger partial charge in [0, 0.05) is 29.8 Å². The second-order valence-corrected chi connectivity index (χ2v) is 7.42. The molecule has 28 heavy (non-hydrogen) atoms. The van der Waals surface area contributed by atoms with Crippen molar-refractivity contribution in [1.29, 1.82) is 0 Å². The number of non-ortho nitro benzene ring substituents is 1. The molecule has 144 valence electrons. The number of nitrogens with zero attached hydrogens (tertiary/aromatic N) is 4.